The number of carbonyl (C=O) groups excluding carboxylic acids is 1. The van der Waals surface area contributed by atoms with Gasteiger partial charge in [0.25, 0.3) is 5.56 Å². The van der Waals surface area contributed by atoms with Gasteiger partial charge in [-0.1, -0.05) is 13.8 Å². The normalized spacial score (nSPS) is 11.3. The molecule has 2 aromatic heterocycles. The number of nitrogens with zero attached hydrogens (tertiary/aromatic N) is 4. The number of amides is 1. The lowest BCUT2D eigenvalue weighted by atomic mass is 10.1. The fourth-order valence-electron chi connectivity index (χ4n) is 1.90. The van der Waals surface area contributed by atoms with Gasteiger partial charge in [0, 0.05) is 7.05 Å². The van der Waals surface area contributed by atoms with Gasteiger partial charge in [0.05, 0.1) is 22.8 Å². The molecule has 0 saturated heterocycles. The van der Waals surface area contributed by atoms with Crippen LogP contribution in [0.1, 0.15) is 25.5 Å². The van der Waals surface area contributed by atoms with E-state index in [1.54, 1.807) is 11.7 Å². The van der Waals surface area contributed by atoms with E-state index in [-0.39, 0.29) is 18.0 Å². The molecule has 0 unspecified atom stereocenters. The lowest BCUT2D eigenvalue weighted by Crippen LogP contribution is -2.31. The first-order chi connectivity index (χ1) is 8.41. The molecule has 0 atom stereocenters. The lowest BCUT2D eigenvalue weighted by molar-refractivity contribution is -0.118. The van der Waals surface area contributed by atoms with Crippen molar-refractivity contribution in [2.45, 2.75) is 26.3 Å². The summed E-state index contributed by atoms with van der Waals surface area (Å²) >= 11 is 0. The summed E-state index contributed by atoms with van der Waals surface area (Å²) in [5.74, 6) is -0.481. The Balaban J connectivity index is 2.80. The average Bonchev–Trinajstić information content (AvgIpc) is 2.64. The number of carbonyl (C=O) groups is 1. The molecule has 0 fully saturated rings. The molecule has 7 heteroatoms. The zero-order valence-corrected chi connectivity index (χ0v) is 10.5. The SMILES string of the molecule is CC(C)c1nn(CC(N)=O)c(=O)c2cnn(C)c12. The van der Waals surface area contributed by atoms with E-state index in [9.17, 15) is 9.59 Å². The van der Waals surface area contributed by atoms with Crippen LogP contribution in [-0.4, -0.2) is 25.5 Å². The second-order valence-electron chi connectivity index (χ2n) is 4.50. The summed E-state index contributed by atoms with van der Waals surface area (Å²) in [6, 6.07) is 0. The van der Waals surface area contributed by atoms with Crippen LogP contribution in [-0.2, 0) is 18.4 Å². The Kier molecular flexibility index (Phi) is 2.90. The zero-order valence-electron chi connectivity index (χ0n) is 10.5. The smallest absolute Gasteiger partial charge is 0.278 e. The van der Waals surface area contributed by atoms with Crippen LogP contribution in [0, 0.1) is 0 Å². The van der Waals surface area contributed by atoms with Gasteiger partial charge in [0.2, 0.25) is 5.91 Å². The van der Waals surface area contributed by atoms with Crippen molar-refractivity contribution >= 4 is 16.8 Å². The van der Waals surface area contributed by atoms with Gasteiger partial charge in [-0.05, 0) is 5.92 Å². The predicted octanol–water partition coefficient (Wildman–Crippen LogP) is -0.261. The van der Waals surface area contributed by atoms with Crippen molar-refractivity contribution in [2.75, 3.05) is 0 Å². The third-order valence-electron chi connectivity index (χ3n) is 2.73. The summed E-state index contributed by atoms with van der Waals surface area (Å²) in [7, 11) is 1.76. The molecule has 0 aliphatic carbocycles. The minimum Gasteiger partial charge on any atom is -0.368 e. The Morgan fingerprint density at radius 3 is 2.72 bits per heavy atom. The van der Waals surface area contributed by atoms with Crippen molar-refractivity contribution in [1.29, 1.82) is 0 Å². The van der Waals surface area contributed by atoms with E-state index >= 15 is 0 Å². The second-order valence-corrected chi connectivity index (χ2v) is 4.50. The van der Waals surface area contributed by atoms with Crippen molar-refractivity contribution in [2.24, 2.45) is 12.8 Å². The average molecular weight is 249 g/mol. The molecule has 0 radical (unpaired) electrons. The Morgan fingerprint density at radius 2 is 2.17 bits per heavy atom. The quantitative estimate of drug-likeness (QED) is 0.810. The van der Waals surface area contributed by atoms with Gasteiger partial charge >= 0.3 is 0 Å². The molecule has 0 aromatic carbocycles. The van der Waals surface area contributed by atoms with E-state index in [0.29, 0.717) is 10.9 Å². The molecule has 2 N–H and O–H groups in total. The molecule has 7 nitrogen and oxygen atoms in total. The van der Waals surface area contributed by atoms with Crippen LogP contribution in [0.3, 0.4) is 0 Å². The van der Waals surface area contributed by atoms with Crippen molar-refractivity contribution in [3.05, 3.63) is 22.2 Å². The number of aryl methyl sites for hydroxylation is 1. The molecular weight excluding hydrogens is 234 g/mol. The zero-order chi connectivity index (χ0) is 13.4. The van der Waals surface area contributed by atoms with Crippen LogP contribution in [0.2, 0.25) is 0 Å². The van der Waals surface area contributed by atoms with E-state index in [2.05, 4.69) is 10.2 Å². The van der Waals surface area contributed by atoms with Crippen LogP contribution >= 0.6 is 0 Å². The van der Waals surface area contributed by atoms with E-state index in [4.69, 9.17) is 5.73 Å². The second kappa shape index (κ2) is 4.25. The van der Waals surface area contributed by atoms with Gasteiger partial charge in [-0.2, -0.15) is 10.2 Å². The molecule has 2 heterocycles. The highest BCUT2D eigenvalue weighted by Crippen LogP contribution is 2.19. The Morgan fingerprint density at radius 1 is 1.50 bits per heavy atom. The topological polar surface area (TPSA) is 95.8 Å². The van der Waals surface area contributed by atoms with Gasteiger partial charge in [0.15, 0.2) is 0 Å². The van der Waals surface area contributed by atoms with Crippen molar-refractivity contribution in [3.63, 3.8) is 0 Å². The molecule has 0 aliphatic heterocycles. The predicted molar refractivity (Wildman–Crippen MR) is 66.1 cm³/mol. The fraction of sp³-hybridized carbons (Fsp3) is 0.455. The Labute approximate surface area is 103 Å². The summed E-state index contributed by atoms with van der Waals surface area (Å²) in [6.07, 6.45) is 1.49. The monoisotopic (exact) mass is 249 g/mol. The van der Waals surface area contributed by atoms with Crippen LogP contribution in [0.5, 0.6) is 0 Å². The first-order valence-electron chi connectivity index (χ1n) is 5.62. The number of rotatable bonds is 3. The Hall–Kier alpha value is -2.18. The highest BCUT2D eigenvalue weighted by atomic mass is 16.2. The molecule has 2 rings (SSSR count). The fourth-order valence-corrected chi connectivity index (χ4v) is 1.90. The van der Waals surface area contributed by atoms with E-state index in [1.165, 1.54) is 6.20 Å². The number of aromatic nitrogens is 4. The molecular formula is C11H15N5O2. The first-order valence-corrected chi connectivity index (χ1v) is 5.62. The number of hydrogen-bond acceptors (Lipinski definition) is 4. The molecule has 0 bridgehead atoms. The molecule has 96 valence electrons. The minimum absolute atomic E-state index is 0.114. The van der Waals surface area contributed by atoms with Crippen molar-refractivity contribution < 1.29 is 4.79 Å². The highest BCUT2D eigenvalue weighted by Gasteiger charge is 2.17. The maximum absolute atomic E-state index is 12.1. The number of fused-ring (bicyclic) bond motifs is 1. The van der Waals surface area contributed by atoms with Gasteiger partial charge in [-0.3, -0.25) is 14.3 Å². The summed E-state index contributed by atoms with van der Waals surface area (Å²) < 4.78 is 2.72. The van der Waals surface area contributed by atoms with Crippen LogP contribution in [0.25, 0.3) is 10.9 Å². The number of primary amides is 1. The van der Waals surface area contributed by atoms with Gasteiger partial charge in [0.1, 0.15) is 6.54 Å². The lowest BCUT2D eigenvalue weighted by Gasteiger charge is -2.10. The van der Waals surface area contributed by atoms with E-state index < -0.39 is 5.91 Å². The van der Waals surface area contributed by atoms with Gasteiger partial charge in [-0.15, -0.1) is 0 Å². The highest BCUT2D eigenvalue weighted by molar-refractivity contribution is 5.80. The summed E-state index contributed by atoms with van der Waals surface area (Å²) in [6.45, 7) is 3.71. The molecule has 1 amide bonds. The van der Waals surface area contributed by atoms with Gasteiger partial charge < -0.3 is 5.73 Å². The standard InChI is InChI=1S/C11H15N5O2/c1-6(2)9-10-7(4-13-15(10)3)11(18)16(14-9)5-8(12)17/h4,6H,5H2,1-3H3,(H2,12,17). The molecule has 0 aliphatic rings. The first kappa shape index (κ1) is 12.3. The van der Waals surface area contributed by atoms with E-state index in [1.807, 2.05) is 13.8 Å². The third kappa shape index (κ3) is 1.87. The maximum Gasteiger partial charge on any atom is 0.278 e. The molecule has 2 aromatic rings. The van der Waals surface area contributed by atoms with Crippen molar-refractivity contribution in [1.82, 2.24) is 19.6 Å². The van der Waals surface area contributed by atoms with Crippen LogP contribution in [0.4, 0.5) is 0 Å². The Bertz CT molecular complexity index is 668. The minimum atomic E-state index is -0.595. The van der Waals surface area contributed by atoms with Crippen LogP contribution in [0.15, 0.2) is 11.0 Å². The summed E-state index contributed by atoms with van der Waals surface area (Å²) in [5.41, 5.74) is 6.20. The largest absolute Gasteiger partial charge is 0.368 e. The van der Waals surface area contributed by atoms with Crippen LogP contribution < -0.4 is 11.3 Å². The summed E-state index contributed by atoms with van der Waals surface area (Å²) in [5, 5.41) is 8.74. The molecule has 0 saturated carbocycles. The maximum atomic E-state index is 12.1. The number of nitrogens with two attached hydrogens (primary N) is 1. The van der Waals surface area contributed by atoms with Crippen molar-refractivity contribution in [3.8, 4) is 0 Å². The van der Waals surface area contributed by atoms with Gasteiger partial charge in [-0.25, -0.2) is 4.68 Å². The van der Waals surface area contributed by atoms with E-state index in [0.717, 1.165) is 10.4 Å². The number of hydrogen-bond donors (Lipinski definition) is 1. The summed E-state index contributed by atoms with van der Waals surface area (Å²) in [4.78, 5) is 23.0. The molecule has 0 spiro atoms. The molecule has 18 heavy (non-hydrogen) atoms. The third-order valence-corrected chi connectivity index (χ3v) is 2.73.